The fourth-order valence-electron chi connectivity index (χ4n) is 1.34. The molecule has 0 amide bonds. The maximum absolute atomic E-state index is 3.53. The lowest BCUT2D eigenvalue weighted by atomic mass is 10.2. The Labute approximate surface area is 95.3 Å². The second-order valence-electron chi connectivity index (χ2n) is 3.42. The highest BCUT2D eigenvalue weighted by molar-refractivity contribution is 8.01. The molecule has 1 heterocycles. The molecule has 0 aliphatic heterocycles. The van der Waals surface area contributed by atoms with Gasteiger partial charge in [0.25, 0.3) is 0 Å². The number of hydrogen-bond donors (Lipinski definition) is 1. The summed E-state index contributed by atoms with van der Waals surface area (Å²) in [7, 11) is 0. The lowest BCUT2D eigenvalue weighted by Crippen LogP contribution is -2.27. The van der Waals surface area contributed by atoms with Crippen LogP contribution in [0.2, 0.25) is 0 Å². The zero-order valence-corrected chi connectivity index (χ0v) is 10.6. The zero-order valence-electron chi connectivity index (χ0n) is 8.95. The Morgan fingerprint density at radius 3 is 3.07 bits per heavy atom. The molecule has 1 aromatic heterocycles. The minimum atomic E-state index is 0.670. The molecule has 0 radical (unpaired) electrons. The third-order valence-electron chi connectivity index (χ3n) is 2.06. The molecule has 0 aliphatic rings. The Morgan fingerprint density at radius 2 is 2.43 bits per heavy atom. The Bertz CT molecular complexity index is 221. The van der Waals surface area contributed by atoms with Crippen molar-refractivity contribution in [1.29, 1.82) is 0 Å². The van der Waals surface area contributed by atoms with Crippen molar-refractivity contribution in [3.63, 3.8) is 0 Å². The third kappa shape index (κ3) is 5.03. The van der Waals surface area contributed by atoms with Crippen LogP contribution in [0, 0.1) is 0 Å². The van der Waals surface area contributed by atoms with E-state index in [1.807, 2.05) is 23.1 Å². The Balaban J connectivity index is 1.99. The van der Waals surface area contributed by atoms with Gasteiger partial charge in [-0.1, -0.05) is 19.4 Å². The largest absolute Gasteiger partial charge is 0.313 e. The Morgan fingerprint density at radius 1 is 1.57 bits per heavy atom. The molecular formula is C11H19NS2. The quantitative estimate of drug-likeness (QED) is 0.566. The lowest BCUT2D eigenvalue weighted by Gasteiger charge is -2.11. The monoisotopic (exact) mass is 229 g/mol. The smallest absolute Gasteiger partial charge is 0.0598 e. The normalized spacial score (nSPS) is 13.0. The number of nitrogens with one attached hydrogen (secondary N) is 1. The maximum atomic E-state index is 3.53. The molecule has 0 saturated carbocycles. The molecule has 1 unspecified atom stereocenters. The molecule has 1 rings (SSSR count). The topological polar surface area (TPSA) is 12.0 Å². The van der Waals surface area contributed by atoms with Crippen LogP contribution in [-0.4, -0.2) is 18.3 Å². The van der Waals surface area contributed by atoms with E-state index in [0.29, 0.717) is 6.04 Å². The van der Waals surface area contributed by atoms with Crippen LogP contribution in [0.25, 0.3) is 0 Å². The summed E-state index contributed by atoms with van der Waals surface area (Å²) in [6.07, 6.45) is 2.55. The second-order valence-corrected chi connectivity index (χ2v) is 5.77. The number of rotatable bonds is 7. The van der Waals surface area contributed by atoms with Crippen molar-refractivity contribution in [2.45, 2.75) is 36.9 Å². The fraction of sp³-hybridized carbons (Fsp3) is 0.636. The van der Waals surface area contributed by atoms with Gasteiger partial charge in [0.2, 0.25) is 0 Å². The molecule has 1 aromatic rings. The van der Waals surface area contributed by atoms with Gasteiger partial charge >= 0.3 is 0 Å². The predicted octanol–water partition coefficient (Wildman–Crippen LogP) is 3.62. The Hall–Kier alpha value is 0.01000. The van der Waals surface area contributed by atoms with E-state index in [2.05, 4.69) is 36.7 Å². The van der Waals surface area contributed by atoms with Crippen LogP contribution in [0.3, 0.4) is 0 Å². The van der Waals surface area contributed by atoms with Crippen LogP contribution in [0.4, 0.5) is 0 Å². The molecule has 3 heteroatoms. The maximum Gasteiger partial charge on any atom is 0.0598 e. The summed E-state index contributed by atoms with van der Waals surface area (Å²) in [6.45, 7) is 5.61. The third-order valence-corrected chi connectivity index (χ3v) is 4.19. The standard InChI is InChI=1S/C11H19NS2/c1-3-5-10(2)12-7-9-14-11-6-4-8-13-11/h4,6,8,10,12H,3,5,7,9H2,1-2H3. The Kier molecular flexibility index (Phi) is 6.32. The van der Waals surface area contributed by atoms with E-state index in [1.165, 1.54) is 22.8 Å². The summed E-state index contributed by atoms with van der Waals surface area (Å²) in [4.78, 5) is 0. The molecule has 1 nitrogen and oxygen atoms in total. The molecular weight excluding hydrogens is 210 g/mol. The van der Waals surface area contributed by atoms with Gasteiger partial charge in [0.1, 0.15) is 0 Å². The van der Waals surface area contributed by atoms with E-state index >= 15 is 0 Å². The summed E-state index contributed by atoms with van der Waals surface area (Å²) in [5.74, 6) is 1.18. The molecule has 14 heavy (non-hydrogen) atoms. The highest BCUT2D eigenvalue weighted by Crippen LogP contribution is 2.22. The van der Waals surface area contributed by atoms with Gasteiger partial charge < -0.3 is 5.32 Å². The molecule has 1 atom stereocenters. The summed E-state index contributed by atoms with van der Waals surface area (Å²) in [5, 5.41) is 5.66. The van der Waals surface area contributed by atoms with Crippen molar-refractivity contribution in [2.24, 2.45) is 0 Å². The summed E-state index contributed by atoms with van der Waals surface area (Å²) < 4.78 is 1.43. The number of hydrogen-bond acceptors (Lipinski definition) is 3. The average molecular weight is 229 g/mol. The predicted molar refractivity (Wildman–Crippen MR) is 67.4 cm³/mol. The molecule has 0 saturated heterocycles. The van der Waals surface area contributed by atoms with Gasteiger partial charge in [-0.3, -0.25) is 0 Å². The summed E-state index contributed by atoms with van der Waals surface area (Å²) in [5.41, 5.74) is 0. The first-order valence-electron chi connectivity index (χ1n) is 5.22. The van der Waals surface area contributed by atoms with Crippen LogP contribution in [0.5, 0.6) is 0 Å². The minimum Gasteiger partial charge on any atom is -0.313 e. The van der Waals surface area contributed by atoms with E-state index in [4.69, 9.17) is 0 Å². The first-order valence-corrected chi connectivity index (χ1v) is 7.09. The SMILES string of the molecule is CCCC(C)NCCSc1cccs1. The van der Waals surface area contributed by atoms with Crippen LogP contribution in [0.1, 0.15) is 26.7 Å². The van der Waals surface area contributed by atoms with E-state index in [1.54, 1.807) is 0 Å². The van der Waals surface area contributed by atoms with E-state index < -0.39 is 0 Å². The van der Waals surface area contributed by atoms with Crippen molar-refractivity contribution in [3.05, 3.63) is 17.5 Å². The van der Waals surface area contributed by atoms with Crippen molar-refractivity contribution in [3.8, 4) is 0 Å². The molecule has 0 aliphatic carbocycles. The fourth-order valence-corrected chi connectivity index (χ4v) is 3.07. The first-order chi connectivity index (χ1) is 6.83. The second kappa shape index (κ2) is 7.32. The first kappa shape index (κ1) is 12.1. The van der Waals surface area contributed by atoms with Gasteiger partial charge in [0, 0.05) is 18.3 Å². The van der Waals surface area contributed by atoms with Crippen LogP contribution < -0.4 is 5.32 Å². The lowest BCUT2D eigenvalue weighted by molar-refractivity contribution is 0.526. The van der Waals surface area contributed by atoms with Crippen molar-refractivity contribution < 1.29 is 0 Å². The van der Waals surface area contributed by atoms with Crippen molar-refractivity contribution >= 4 is 23.1 Å². The summed E-state index contributed by atoms with van der Waals surface area (Å²) >= 11 is 3.77. The van der Waals surface area contributed by atoms with Crippen molar-refractivity contribution in [2.75, 3.05) is 12.3 Å². The number of thiophene rings is 1. The summed E-state index contributed by atoms with van der Waals surface area (Å²) in [6, 6.07) is 4.97. The van der Waals surface area contributed by atoms with E-state index in [-0.39, 0.29) is 0 Å². The molecule has 0 aromatic carbocycles. The average Bonchev–Trinajstić information content (AvgIpc) is 2.65. The van der Waals surface area contributed by atoms with E-state index in [0.717, 1.165) is 6.54 Å². The molecule has 80 valence electrons. The van der Waals surface area contributed by atoms with Gasteiger partial charge in [0.05, 0.1) is 4.21 Å². The zero-order chi connectivity index (χ0) is 10.2. The number of thioether (sulfide) groups is 1. The van der Waals surface area contributed by atoms with Gasteiger partial charge in [-0.15, -0.1) is 23.1 Å². The van der Waals surface area contributed by atoms with Gasteiger partial charge in [-0.25, -0.2) is 0 Å². The van der Waals surface area contributed by atoms with Gasteiger partial charge in [-0.05, 0) is 24.8 Å². The van der Waals surface area contributed by atoms with Crippen LogP contribution >= 0.6 is 23.1 Å². The van der Waals surface area contributed by atoms with E-state index in [9.17, 15) is 0 Å². The van der Waals surface area contributed by atoms with Crippen LogP contribution in [-0.2, 0) is 0 Å². The van der Waals surface area contributed by atoms with Crippen LogP contribution in [0.15, 0.2) is 21.7 Å². The molecule has 0 bridgehead atoms. The van der Waals surface area contributed by atoms with Gasteiger partial charge in [0.15, 0.2) is 0 Å². The highest BCUT2D eigenvalue weighted by atomic mass is 32.2. The minimum absolute atomic E-state index is 0.670. The molecule has 0 fully saturated rings. The highest BCUT2D eigenvalue weighted by Gasteiger charge is 1.99. The van der Waals surface area contributed by atoms with Crippen molar-refractivity contribution in [1.82, 2.24) is 5.32 Å². The molecule has 0 spiro atoms. The molecule has 1 N–H and O–H groups in total. The van der Waals surface area contributed by atoms with Gasteiger partial charge in [-0.2, -0.15) is 0 Å².